The number of hydrogen-bond donors (Lipinski definition) is 1. The summed E-state index contributed by atoms with van der Waals surface area (Å²) in [5.74, 6) is 1.76. The number of carbonyl (C=O) groups is 1. The van der Waals surface area contributed by atoms with E-state index in [0.717, 1.165) is 42.2 Å². The first-order valence-electron chi connectivity index (χ1n) is 11.3. The van der Waals surface area contributed by atoms with Crippen LogP contribution in [0.2, 0.25) is 0 Å². The van der Waals surface area contributed by atoms with Gasteiger partial charge in [0.1, 0.15) is 5.82 Å². The molecule has 2 heterocycles. The molecule has 1 aromatic carbocycles. The third-order valence-corrected chi connectivity index (χ3v) is 6.07. The SMILES string of the molecule is CCCc1nc(CC2CCCCC2)nn1Cc1ccc(-c2ccccc2C(=O)O)cn1. The predicted octanol–water partition coefficient (Wildman–Crippen LogP) is 5.16. The quantitative estimate of drug-likeness (QED) is 0.546. The summed E-state index contributed by atoms with van der Waals surface area (Å²) in [4.78, 5) is 20.9. The van der Waals surface area contributed by atoms with Gasteiger partial charge in [-0.3, -0.25) is 4.98 Å². The fourth-order valence-corrected chi connectivity index (χ4v) is 4.45. The van der Waals surface area contributed by atoms with E-state index in [-0.39, 0.29) is 5.56 Å². The van der Waals surface area contributed by atoms with Crippen LogP contribution >= 0.6 is 0 Å². The number of aryl methyl sites for hydroxylation is 1. The molecule has 0 spiro atoms. The Morgan fingerprint density at radius 2 is 1.94 bits per heavy atom. The first kappa shape index (κ1) is 21.2. The van der Waals surface area contributed by atoms with E-state index >= 15 is 0 Å². The molecule has 0 atom stereocenters. The van der Waals surface area contributed by atoms with E-state index in [1.165, 1.54) is 32.1 Å². The molecule has 0 saturated heterocycles. The second-order valence-electron chi connectivity index (χ2n) is 8.45. The molecule has 0 unspecified atom stereocenters. The van der Waals surface area contributed by atoms with Gasteiger partial charge < -0.3 is 5.11 Å². The van der Waals surface area contributed by atoms with Gasteiger partial charge in [0.25, 0.3) is 0 Å². The second kappa shape index (κ2) is 9.86. The monoisotopic (exact) mass is 418 g/mol. The normalized spacial score (nSPS) is 14.6. The highest BCUT2D eigenvalue weighted by atomic mass is 16.4. The Balaban J connectivity index is 1.51. The van der Waals surface area contributed by atoms with Crippen LogP contribution in [0, 0.1) is 5.92 Å². The van der Waals surface area contributed by atoms with Crippen molar-refractivity contribution in [2.75, 3.05) is 0 Å². The van der Waals surface area contributed by atoms with Crippen LogP contribution in [0.25, 0.3) is 11.1 Å². The molecule has 1 aliphatic carbocycles. The van der Waals surface area contributed by atoms with Gasteiger partial charge in [0, 0.05) is 24.6 Å². The number of carboxylic acid groups (broad SMARTS) is 1. The summed E-state index contributed by atoms with van der Waals surface area (Å²) < 4.78 is 1.99. The number of benzene rings is 1. The fraction of sp³-hybridized carbons (Fsp3) is 0.440. The molecule has 1 saturated carbocycles. The van der Waals surface area contributed by atoms with Crippen molar-refractivity contribution in [3.8, 4) is 11.1 Å². The molecular weight excluding hydrogens is 388 g/mol. The molecule has 1 N–H and O–H groups in total. The number of carboxylic acids is 1. The van der Waals surface area contributed by atoms with Crippen LogP contribution in [-0.2, 0) is 19.4 Å². The minimum absolute atomic E-state index is 0.283. The number of hydrogen-bond acceptors (Lipinski definition) is 4. The van der Waals surface area contributed by atoms with E-state index in [2.05, 4.69) is 11.9 Å². The van der Waals surface area contributed by atoms with Crippen molar-refractivity contribution < 1.29 is 9.90 Å². The number of aromatic carboxylic acids is 1. The summed E-state index contributed by atoms with van der Waals surface area (Å²) in [5.41, 5.74) is 2.65. The van der Waals surface area contributed by atoms with Gasteiger partial charge in [-0.1, -0.05) is 63.3 Å². The molecule has 0 bridgehead atoms. The Morgan fingerprint density at radius 3 is 2.65 bits per heavy atom. The maximum atomic E-state index is 11.5. The molecule has 0 amide bonds. The van der Waals surface area contributed by atoms with Gasteiger partial charge in [0.05, 0.1) is 17.8 Å². The predicted molar refractivity (Wildman–Crippen MR) is 120 cm³/mol. The Labute approximate surface area is 183 Å². The number of nitrogens with zero attached hydrogens (tertiary/aromatic N) is 4. The van der Waals surface area contributed by atoms with E-state index < -0.39 is 5.97 Å². The van der Waals surface area contributed by atoms with Gasteiger partial charge in [-0.25, -0.2) is 14.5 Å². The van der Waals surface area contributed by atoms with Crippen LogP contribution in [0.5, 0.6) is 0 Å². The van der Waals surface area contributed by atoms with Gasteiger partial charge in [-0.2, -0.15) is 5.10 Å². The van der Waals surface area contributed by atoms with E-state index in [9.17, 15) is 9.90 Å². The Morgan fingerprint density at radius 1 is 1.13 bits per heavy atom. The van der Waals surface area contributed by atoms with Crippen LogP contribution in [0.15, 0.2) is 42.6 Å². The minimum atomic E-state index is -0.933. The van der Waals surface area contributed by atoms with E-state index in [1.54, 1.807) is 18.3 Å². The molecule has 6 heteroatoms. The van der Waals surface area contributed by atoms with Crippen LogP contribution in [0.1, 0.15) is 73.1 Å². The summed E-state index contributed by atoms with van der Waals surface area (Å²) in [6.07, 6.45) is 11.2. The second-order valence-corrected chi connectivity index (χ2v) is 8.45. The average Bonchev–Trinajstić information content (AvgIpc) is 3.16. The van der Waals surface area contributed by atoms with Crippen LogP contribution < -0.4 is 0 Å². The average molecular weight is 419 g/mol. The molecule has 0 radical (unpaired) electrons. The lowest BCUT2D eigenvalue weighted by Crippen LogP contribution is -2.11. The fourth-order valence-electron chi connectivity index (χ4n) is 4.45. The largest absolute Gasteiger partial charge is 0.478 e. The zero-order valence-electron chi connectivity index (χ0n) is 18.1. The van der Waals surface area contributed by atoms with E-state index in [1.807, 2.05) is 28.9 Å². The molecule has 1 aliphatic rings. The first-order chi connectivity index (χ1) is 15.1. The van der Waals surface area contributed by atoms with Crippen molar-refractivity contribution >= 4 is 5.97 Å². The van der Waals surface area contributed by atoms with Gasteiger partial charge in [-0.05, 0) is 30.0 Å². The summed E-state index contributed by atoms with van der Waals surface area (Å²) in [6, 6.07) is 10.9. The summed E-state index contributed by atoms with van der Waals surface area (Å²) in [7, 11) is 0. The van der Waals surface area contributed by atoms with E-state index in [0.29, 0.717) is 18.0 Å². The topological polar surface area (TPSA) is 80.9 Å². The molecule has 2 aromatic heterocycles. The van der Waals surface area contributed by atoms with E-state index in [4.69, 9.17) is 10.1 Å². The molecule has 162 valence electrons. The molecule has 3 aromatic rings. The molecule has 1 fully saturated rings. The lowest BCUT2D eigenvalue weighted by Gasteiger charge is -2.19. The lowest BCUT2D eigenvalue weighted by molar-refractivity contribution is 0.0697. The molecule has 0 aliphatic heterocycles. The first-order valence-corrected chi connectivity index (χ1v) is 11.3. The van der Waals surface area contributed by atoms with Crippen molar-refractivity contribution in [3.63, 3.8) is 0 Å². The minimum Gasteiger partial charge on any atom is -0.478 e. The molecule has 6 nitrogen and oxygen atoms in total. The molecular formula is C25H30N4O2. The zero-order chi connectivity index (χ0) is 21.6. The van der Waals surface area contributed by atoms with Crippen LogP contribution in [-0.4, -0.2) is 30.8 Å². The van der Waals surface area contributed by atoms with Gasteiger partial charge in [0.2, 0.25) is 0 Å². The summed E-state index contributed by atoms with van der Waals surface area (Å²) in [5, 5.41) is 14.3. The third-order valence-electron chi connectivity index (χ3n) is 6.07. The van der Waals surface area contributed by atoms with Crippen molar-refractivity contribution in [2.45, 2.75) is 64.8 Å². The third kappa shape index (κ3) is 5.19. The summed E-state index contributed by atoms with van der Waals surface area (Å²) >= 11 is 0. The Bertz CT molecular complexity index is 1020. The highest BCUT2D eigenvalue weighted by Crippen LogP contribution is 2.26. The highest BCUT2D eigenvalue weighted by molar-refractivity contribution is 5.95. The molecule has 31 heavy (non-hydrogen) atoms. The lowest BCUT2D eigenvalue weighted by atomic mass is 9.87. The maximum absolute atomic E-state index is 11.5. The van der Waals surface area contributed by atoms with Gasteiger partial charge in [-0.15, -0.1) is 0 Å². The Kier molecular flexibility index (Phi) is 6.75. The maximum Gasteiger partial charge on any atom is 0.336 e. The number of pyridine rings is 1. The molecule has 4 rings (SSSR count). The van der Waals surface area contributed by atoms with Crippen molar-refractivity contribution in [2.24, 2.45) is 5.92 Å². The standard InChI is InChI=1S/C25H30N4O2/c1-2-8-24-27-23(15-18-9-4-3-5-10-18)28-29(24)17-20-14-13-19(16-26-20)21-11-6-7-12-22(21)25(30)31/h6-7,11-14,16,18H,2-5,8-10,15,17H2,1H3,(H,30,31). The number of rotatable bonds is 8. The zero-order valence-corrected chi connectivity index (χ0v) is 18.1. The highest BCUT2D eigenvalue weighted by Gasteiger charge is 2.18. The van der Waals surface area contributed by atoms with Gasteiger partial charge in [0.15, 0.2) is 5.82 Å². The van der Waals surface area contributed by atoms with Crippen molar-refractivity contribution in [1.82, 2.24) is 19.7 Å². The smallest absolute Gasteiger partial charge is 0.336 e. The van der Waals surface area contributed by atoms with Crippen molar-refractivity contribution in [3.05, 3.63) is 65.5 Å². The van der Waals surface area contributed by atoms with Crippen LogP contribution in [0.4, 0.5) is 0 Å². The number of aromatic nitrogens is 4. The van der Waals surface area contributed by atoms with Crippen molar-refractivity contribution in [1.29, 1.82) is 0 Å². The summed E-state index contributed by atoms with van der Waals surface area (Å²) in [6.45, 7) is 2.74. The van der Waals surface area contributed by atoms with Crippen LogP contribution in [0.3, 0.4) is 0 Å². The van der Waals surface area contributed by atoms with Gasteiger partial charge >= 0.3 is 5.97 Å². The Hall–Kier alpha value is -3.02.